The quantitative estimate of drug-likeness (QED) is 0.784. The van der Waals surface area contributed by atoms with E-state index in [1.165, 1.54) is 11.9 Å². The van der Waals surface area contributed by atoms with Gasteiger partial charge >= 0.3 is 0 Å². The number of hydrogen-bond acceptors (Lipinski definition) is 4. The number of carbonyl (C=O) groups excluding carboxylic acids is 1. The van der Waals surface area contributed by atoms with Crippen LogP contribution >= 0.6 is 0 Å². The SMILES string of the molecule is CCCNC(=O)c1cc(-c2ccc(C)cc2)cc(-n2cnnn2)c1. The van der Waals surface area contributed by atoms with Crippen LogP contribution in [0.15, 0.2) is 48.8 Å². The molecule has 1 amide bonds. The molecule has 0 atom stereocenters. The number of tetrazole rings is 1. The number of aryl methyl sites for hydroxylation is 1. The van der Waals surface area contributed by atoms with Gasteiger partial charge in [-0.05, 0) is 53.1 Å². The van der Waals surface area contributed by atoms with Crippen LogP contribution < -0.4 is 5.32 Å². The maximum Gasteiger partial charge on any atom is 0.251 e. The van der Waals surface area contributed by atoms with Crippen LogP contribution in [0.2, 0.25) is 0 Å². The highest BCUT2D eigenvalue weighted by atomic mass is 16.1. The summed E-state index contributed by atoms with van der Waals surface area (Å²) in [5, 5.41) is 14.2. The maximum absolute atomic E-state index is 12.4. The van der Waals surface area contributed by atoms with E-state index in [0.29, 0.717) is 12.1 Å². The minimum Gasteiger partial charge on any atom is -0.352 e. The second-order valence-corrected chi connectivity index (χ2v) is 5.64. The molecule has 0 fully saturated rings. The van der Waals surface area contributed by atoms with Gasteiger partial charge in [-0.1, -0.05) is 36.8 Å². The van der Waals surface area contributed by atoms with Gasteiger partial charge in [-0.3, -0.25) is 4.79 Å². The molecule has 1 aromatic heterocycles. The molecule has 1 N–H and O–H groups in total. The monoisotopic (exact) mass is 321 g/mol. The second-order valence-electron chi connectivity index (χ2n) is 5.64. The third-order valence-electron chi connectivity index (χ3n) is 3.71. The highest BCUT2D eigenvalue weighted by Crippen LogP contribution is 2.24. The third-order valence-corrected chi connectivity index (χ3v) is 3.71. The number of benzene rings is 2. The topological polar surface area (TPSA) is 72.7 Å². The predicted molar refractivity (Wildman–Crippen MR) is 92.0 cm³/mol. The van der Waals surface area contributed by atoms with Crippen LogP contribution in [0.3, 0.4) is 0 Å². The van der Waals surface area contributed by atoms with E-state index in [9.17, 15) is 4.79 Å². The fraction of sp³-hybridized carbons (Fsp3) is 0.222. The predicted octanol–water partition coefficient (Wildman–Crippen LogP) is 2.78. The van der Waals surface area contributed by atoms with E-state index < -0.39 is 0 Å². The number of hydrogen-bond donors (Lipinski definition) is 1. The summed E-state index contributed by atoms with van der Waals surface area (Å²) in [5.74, 6) is -0.0971. The Labute approximate surface area is 140 Å². The molecule has 0 aliphatic carbocycles. The van der Waals surface area contributed by atoms with E-state index in [4.69, 9.17) is 0 Å². The minimum absolute atomic E-state index is 0.0971. The Kier molecular flexibility index (Phi) is 4.65. The van der Waals surface area contributed by atoms with Crippen molar-refractivity contribution < 1.29 is 4.79 Å². The van der Waals surface area contributed by atoms with Gasteiger partial charge in [-0.25, -0.2) is 4.68 Å². The Balaban J connectivity index is 2.06. The van der Waals surface area contributed by atoms with Crippen LogP contribution in [0, 0.1) is 6.92 Å². The molecule has 0 aliphatic rings. The Morgan fingerprint density at radius 1 is 1.12 bits per heavy atom. The van der Waals surface area contributed by atoms with Gasteiger partial charge in [-0.2, -0.15) is 0 Å². The molecular formula is C18H19N5O. The third kappa shape index (κ3) is 3.48. The van der Waals surface area contributed by atoms with Gasteiger partial charge in [0.25, 0.3) is 5.91 Å². The van der Waals surface area contributed by atoms with E-state index in [0.717, 1.165) is 23.2 Å². The average Bonchev–Trinajstić information content (AvgIpc) is 3.14. The van der Waals surface area contributed by atoms with Crippen molar-refractivity contribution in [3.63, 3.8) is 0 Å². The summed E-state index contributed by atoms with van der Waals surface area (Å²) in [7, 11) is 0. The lowest BCUT2D eigenvalue weighted by atomic mass is 10.0. The van der Waals surface area contributed by atoms with Gasteiger partial charge in [0.15, 0.2) is 0 Å². The van der Waals surface area contributed by atoms with E-state index in [2.05, 4.69) is 33.0 Å². The molecule has 3 aromatic rings. The van der Waals surface area contributed by atoms with Crippen LogP contribution in [-0.4, -0.2) is 32.7 Å². The molecule has 1 heterocycles. The van der Waals surface area contributed by atoms with Crippen molar-refractivity contribution in [3.05, 3.63) is 59.9 Å². The van der Waals surface area contributed by atoms with Crippen molar-refractivity contribution in [2.24, 2.45) is 0 Å². The lowest BCUT2D eigenvalue weighted by Gasteiger charge is -2.10. The van der Waals surface area contributed by atoms with Gasteiger partial charge in [0.05, 0.1) is 5.69 Å². The molecule has 0 spiro atoms. The Hall–Kier alpha value is -3.02. The van der Waals surface area contributed by atoms with Crippen LogP contribution in [0.5, 0.6) is 0 Å². The number of nitrogens with one attached hydrogen (secondary N) is 1. The minimum atomic E-state index is -0.0971. The molecule has 122 valence electrons. The van der Waals surface area contributed by atoms with E-state index in [1.54, 1.807) is 10.7 Å². The molecule has 0 bridgehead atoms. The molecule has 3 rings (SSSR count). The zero-order valence-electron chi connectivity index (χ0n) is 13.7. The van der Waals surface area contributed by atoms with Gasteiger partial charge in [0.2, 0.25) is 0 Å². The average molecular weight is 321 g/mol. The maximum atomic E-state index is 12.4. The number of nitrogens with zero attached hydrogens (tertiary/aromatic N) is 4. The summed E-state index contributed by atoms with van der Waals surface area (Å²) < 4.78 is 1.55. The smallest absolute Gasteiger partial charge is 0.251 e. The number of aromatic nitrogens is 4. The molecular weight excluding hydrogens is 302 g/mol. The van der Waals surface area contributed by atoms with Crippen molar-refractivity contribution in [2.45, 2.75) is 20.3 Å². The zero-order chi connectivity index (χ0) is 16.9. The van der Waals surface area contributed by atoms with Gasteiger partial charge in [0, 0.05) is 12.1 Å². The fourth-order valence-electron chi connectivity index (χ4n) is 2.41. The fourth-order valence-corrected chi connectivity index (χ4v) is 2.41. The first kappa shape index (κ1) is 15.9. The molecule has 0 aliphatic heterocycles. The second kappa shape index (κ2) is 7.04. The Morgan fingerprint density at radius 3 is 2.58 bits per heavy atom. The van der Waals surface area contributed by atoms with Crippen molar-refractivity contribution in [2.75, 3.05) is 6.54 Å². The zero-order valence-corrected chi connectivity index (χ0v) is 13.7. The highest BCUT2D eigenvalue weighted by molar-refractivity contribution is 5.96. The highest BCUT2D eigenvalue weighted by Gasteiger charge is 2.11. The Morgan fingerprint density at radius 2 is 1.92 bits per heavy atom. The Bertz CT molecular complexity index is 825. The normalized spacial score (nSPS) is 10.6. The molecule has 0 saturated heterocycles. The van der Waals surface area contributed by atoms with Gasteiger partial charge in [-0.15, -0.1) is 5.10 Å². The molecule has 2 aromatic carbocycles. The summed E-state index contributed by atoms with van der Waals surface area (Å²) in [6.07, 6.45) is 2.41. The van der Waals surface area contributed by atoms with Crippen molar-refractivity contribution in [1.29, 1.82) is 0 Å². The van der Waals surface area contributed by atoms with Crippen LogP contribution in [-0.2, 0) is 0 Å². The number of rotatable bonds is 5. The lowest BCUT2D eigenvalue weighted by Crippen LogP contribution is -2.24. The summed E-state index contributed by atoms with van der Waals surface area (Å²) >= 11 is 0. The molecule has 24 heavy (non-hydrogen) atoms. The summed E-state index contributed by atoms with van der Waals surface area (Å²) in [6, 6.07) is 13.8. The lowest BCUT2D eigenvalue weighted by molar-refractivity contribution is 0.0953. The van der Waals surface area contributed by atoms with Gasteiger partial charge in [0.1, 0.15) is 6.33 Å². The van der Waals surface area contributed by atoms with E-state index in [-0.39, 0.29) is 5.91 Å². The molecule has 0 unspecified atom stereocenters. The molecule has 6 heteroatoms. The summed E-state index contributed by atoms with van der Waals surface area (Å²) in [5.41, 5.74) is 4.52. The van der Waals surface area contributed by atoms with Crippen LogP contribution in [0.25, 0.3) is 16.8 Å². The number of carbonyl (C=O) groups is 1. The molecule has 6 nitrogen and oxygen atoms in total. The number of amides is 1. The van der Waals surface area contributed by atoms with E-state index in [1.807, 2.05) is 38.1 Å². The molecule has 0 radical (unpaired) electrons. The van der Waals surface area contributed by atoms with Crippen molar-refractivity contribution in [1.82, 2.24) is 25.5 Å². The first-order valence-electron chi connectivity index (χ1n) is 7.91. The van der Waals surface area contributed by atoms with Crippen molar-refractivity contribution in [3.8, 4) is 16.8 Å². The van der Waals surface area contributed by atoms with Crippen LogP contribution in [0.4, 0.5) is 0 Å². The van der Waals surface area contributed by atoms with Crippen molar-refractivity contribution >= 4 is 5.91 Å². The largest absolute Gasteiger partial charge is 0.352 e. The standard InChI is InChI=1S/C18H19N5O/c1-3-8-19-18(24)16-9-15(14-6-4-13(2)5-7-14)10-17(11-16)23-12-20-21-22-23/h4-7,9-12H,3,8H2,1-2H3,(H,19,24). The summed E-state index contributed by atoms with van der Waals surface area (Å²) in [4.78, 5) is 12.4. The first-order chi connectivity index (χ1) is 11.7. The van der Waals surface area contributed by atoms with Crippen LogP contribution in [0.1, 0.15) is 29.3 Å². The molecule has 0 saturated carbocycles. The summed E-state index contributed by atoms with van der Waals surface area (Å²) in [6.45, 7) is 4.72. The first-order valence-corrected chi connectivity index (χ1v) is 7.91. The van der Waals surface area contributed by atoms with E-state index >= 15 is 0 Å². The van der Waals surface area contributed by atoms with Gasteiger partial charge < -0.3 is 5.32 Å².